The first-order valence-corrected chi connectivity index (χ1v) is 9.88. The number of rotatable bonds is 10. The van der Waals surface area contributed by atoms with E-state index in [0.29, 0.717) is 45.0 Å². The summed E-state index contributed by atoms with van der Waals surface area (Å²) in [6, 6.07) is 7.11. The lowest BCUT2D eigenvalue weighted by molar-refractivity contribution is -0.0551. The van der Waals surface area contributed by atoms with Crippen LogP contribution in [0.4, 0.5) is 0 Å². The van der Waals surface area contributed by atoms with Gasteiger partial charge in [0.2, 0.25) is 0 Å². The van der Waals surface area contributed by atoms with E-state index in [-0.39, 0.29) is 24.0 Å². The van der Waals surface area contributed by atoms with Gasteiger partial charge in [0.05, 0.1) is 32.5 Å². The maximum absolute atomic E-state index is 13.0. The van der Waals surface area contributed by atoms with E-state index >= 15 is 0 Å². The summed E-state index contributed by atoms with van der Waals surface area (Å²) in [6.07, 6.45) is -0.448. The highest BCUT2D eigenvalue weighted by molar-refractivity contribution is 5.94. The second-order valence-corrected chi connectivity index (χ2v) is 7.54. The van der Waals surface area contributed by atoms with Crippen LogP contribution in [0.25, 0.3) is 0 Å². The van der Waals surface area contributed by atoms with Crippen LogP contribution in [0.1, 0.15) is 24.2 Å². The van der Waals surface area contributed by atoms with Gasteiger partial charge in [-0.2, -0.15) is 0 Å². The molecule has 1 fully saturated rings. The van der Waals surface area contributed by atoms with Crippen molar-refractivity contribution in [2.75, 3.05) is 60.2 Å². The first-order chi connectivity index (χ1) is 13.4. The predicted molar refractivity (Wildman–Crippen MR) is 108 cm³/mol. The highest BCUT2D eigenvalue weighted by Gasteiger charge is 2.27. The Morgan fingerprint density at radius 1 is 1.32 bits per heavy atom. The fourth-order valence-corrected chi connectivity index (χ4v) is 3.17. The molecule has 28 heavy (non-hydrogen) atoms. The lowest BCUT2D eigenvalue weighted by Crippen LogP contribution is -2.51. The fraction of sp³-hybridized carbons (Fsp3) is 0.667. The second-order valence-electron chi connectivity index (χ2n) is 7.54. The Hall–Kier alpha value is -1.67. The molecule has 7 heteroatoms. The molecule has 1 aliphatic rings. The summed E-state index contributed by atoms with van der Waals surface area (Å²) < 4.78 is 16.3. The number of hydrogen-bond donors (Lipinski definition) is 1. The van der Waals surface area contributed by atoms with E-state index in [4.69, 9.17) is 14.2 Å². The van der Waals surface area contributed by atoms with Crippen LogP contribution in [-0.2, 0) is 9.47 Å². The third kappa shape index (κ3) is 6.74. The van der Waals surface area contributed by atoms with Gasteiger partial charge >= 0.3 is 0 Å². The van der Waals surface area contributed by atoms with Crippen LogP contribution in [0, 0.1) is 5.92 Å². The zero-order valence-electron chi connectivity index (χ0n) is 17.5. The van der Waals surface area contributed by atoms with E-state index < -0.39 is 0 Å². The molecule has 158 valence electrons. The molecule has 0 saturated carbocycles. The number of carbonyl (C=O) groups is 1. The number of nitrogens with zero attached hydrogens (tertiary/aromatic N) is 2. The number of amides is 1. The van der Waals surface area contributed by atoms with Crippen molar-refractivity contribution in [2.24, 2.45) is 5.92 Å². The van der Waals surface area contributed by atoms with Crippen molar-refractivity contribution >= 4 is 5.91 Å². The van der Waals surface area contributed by atoms with Gasteiger partial charge in [0.15, 0.2) is 0 Å². The summed E-state index contributed by atoms with van der Waals surface area (Å²) in [5.41, 5.74) is 0.611. The summed E-state index contributed by atoms with van der Waals surface area (Å²) in [5, 5.41) is 10.2. The van der Waals surface area contributed by atoms with Crippen LogP contribution < -0.4 is 4.74 Å². The van der Waals surface area contributed by atoms with E-state index in [0.717, 1.165) is 12.3 Å². The molecule has 1 aromatic carbocycles. The molecule has 1 aromatic rings. The smallest absolute Gasteiger partial charge is 0.254 e. The summed E-state index contributed by atoms with van der Waals surface area (Å²) in [5.74, 6) is 0.883. The van der Waals surface area contributed by atoms with Gasteiger partial charge in [-0.25, -0.2) is 0 Å². The van der Waals surface area contributed by atoms with Crippen molar-refractivity contribution in [2.45, 2.75) is 26.1 Å². The monoisotopic (exact) mass is 394 g/mol. The molecule has 0 aliphatic carbocycles. The normalized spacial score (nSPS) is 18.9. The van der Waals surface area contributed by atoms with Gasteiger partial charge in [-0.1, -0.05) is 13.8 Å². The molecule has 1 saturated heterocycles. The SMILES string of the molecule is COCCN(C[C@H]1CN(C[C@H](O)C(C)C)CCO1)C(=O)c1ccc(OC)cc1. The number of aliphatic hydroxyl groups excluding tert-OH is 1. The van der Waals surface area contributed by atoms with Gasteiger partial charge in [0.25, 0.3) is 5.91 Å². The van der Waals surface area contributed by atoms with Gasteiger partial charge in [-0.15, -0.1) is 0 Å². The Labute approximate surface area is 168 Å². The zero-order valence-corrected chi connectivity index (χ0v) is 17.5. The predicted octanol–water partition coefficient (Wildman–Crippen LogP) is 1.50. The van der Waals surface area contributed by atoms with Crippen LogP contribution in [-0.4, -0.2) is 93.2 Å². The Bertz CT molecular complexity index is 593. The van der Waals surface area contributed by atoms with Crippen molar-refractivity contribution in [3.8, 4) is 5.75 Å². The molecule has 0 radical (unpaired) electrons. The molecule has 0 unspecified atom stereocenters. The molecule has 0 bridgehead atoms. The molecular formula is C21H34N2O5. The summed E-state index contributed by atoms with van der Waals surface area (Å²) in [4.78, 5) is 17.0. The van der Waals surface area contributed by atoms with Crippen LogP contribution in [0.3, 0.4) is 0 Å². The van der Waals surface area contributed by atoms with Crippen molar-refractivity contribution in [1.82, 2.24) is 9.80 Å². The molecule has 0 spiro atoms. The van der Waals surface area contributed by atoms with Crippen molar-refractivity contribution in [3.63, 3.8) is 0 Å². The number of benzene rings is 1. The molecule has 1 heterocycles. The van der Waals surface area contributed by atoms with E-state index in [1.165, 1.54) is 0 Å². The third-order valence-corrected chi connectivity index (χ3v) is 5.05. The molecule has 0 aromatic heterocycles. The summed E-state index contributed by atoms with van der Waals surface area (Å²) in [7, 11) is 3.23. The van der Waals surface area contributed by atoms with E-state index in [1.807, 2.05) is 13.8 Å². The number of hydrogen-bond acceptors (Lipinski definition) is 6. The Balaban J connectivity index is 2.00. The fourth-order valence-electron chi connectivity index (χ4n) is 3.17. The van der Waals surface area contributed by atoms with Gasteiger partial charge < -0.3 is 24.2 Å². The number of ether oxygens (including phenoxy) is 3. The molecule has 1 N–H and O–H groups in total. The molecule has 7 nitrogen and oxygen atoms in total. The Kier molecular flexibility index (Phi) is 9.18. The first-order valence-electron chi connectivity index (χ1n) is 9.88. The number of β-amino-alcohol motifs (C(OH)–C–C–N with tert-alkyl or cyclic N) is 1. The minimum absolute atomic E-state index is 0.0531. The highest BCUT2D eigenvalue weighted by Crippen LogP contribution is 2.15. The largest absolute Gasteiger partial charge is 0.497 e. The lowest BCUT2D eigenvalue weighted by atomic mass is 10.1. The van der Waals surface area contributed by atoms with E-state index in [9.17, 15) is 9.90 Å². The average molecular weight is 395 g/mol. The van der Waals surface area contributed by atoms with Gasteiger partial charge in [-0.05, 0) is 30.2 Å². The topological polar surface area (TPSA) is 71.5 Å². The maximum atomic E-state index is 13.0. The van der Waals surface area contributed by atoms with Crippen molar-refractivity contribution < 1.29 is 24.1 Å². The standard InChI is InChI=1S/C21H34N2O5/c1-16(2)20(24)15-22-9-12-28-19(13-22)14-23(10-11-26-3)21(25)17-5-7-18(27-4)8-6-17/h5-8,16,19-20,24H,9-15H2,1-4H3/t19-,20+/m1/s1. The summed E-state index contributed by atoms with van der Waals surface area (Å²) in [6.45, 7) is 8.20. The first kappa shape index (κ1) is 22.6. The van der Waals surface area contributed by atoms with E-state index in [1.54, 1.807) is 43.4 Å². The van der Waals surface area contributed by atoms with Gasteiger partial charge in [-0.3, -0.25) is 9.69 Å². The Morgan fingerprint density at radius 2 is 2.04 bits per heavy atom. The highest BCUT2D eigenvalue weighted by atomic mass is 16.5. The number of carbonyl (C=O) groups excluding carboxylic acids is 1. The number of methoxy groups -OCH3 is 2. The van der Waals surface area contributed by atoms with Gasteiger partial charge in [0, 0.05) is 45.4 Å². The third-order valence-electron chi connectivity index (χ3n) is 5.05. The Morgan fingerprint density at radius 3 is 2.64 bits per heavy atom. The lowest BCUT2D eigenvalue weighted by Gasteiger charge is -2.37. The van der Waals surface area contributed by atoms with Crippen molar-refractivity contribution in [3.05, 3.63) is 29.8 Å². The van der Waals surface area contributed by atoms with Crippen LogP contribution in [0.2, 0.25) is 0 Å². The van der Waals surface area contributed by atoms with Crippen LogP contribution in [0.5, 0.6) is 5.75 Å². The van der Waals surface area contributed by atoms with Crippen molar-refractivity contribution in [1.29, 1.82) is 0 Å². The maximum Gasteiger partial charge on any atom is 0.254 e. The molecular weight excluding hydrogens is 360 g/mol. The minimum atomic E-state index is -0.357. The molecule has 2 atom stereocenters. The molecule has 1 aliphatic heterocycles. The quantitative estimate of drug-likeness (QED) is 0.649. The summed E-state index contributed by atoms with van der Waals surface area (Å²) >= 11 is 0. The molecule has 1 amide bonds. The number of morpholine rings is 1. The number of aliphatic hydroxyl groups is 1. The van der Waals surface area contributed by atoms with Gasteiger partial charge in [0.1, 0.15) is 5.75 Å². The molecule has 2 rings (SSSR count). The average Bonchev–Trinajstić information content (AvgIpc) is 2.70. The van der Waals surface area contributed by atoms with E-state index in [2.05, 4.69) is 4.90 Å². The zero-order chi connectivity index (χ0) is 20.5. The minimum Gasteiger partial charge on any atom is -0.497 e. The van der Waals surface area contributed by atoms with Crippen LogP contribution >= 0.6 is 0 Å². The second kappa shape index (κ2) is 11.4. The van der Waals surface area contributed by atoms with Crippen LogP contribution in [0.15, 0.2) is 24.3 Å².